The van der Waals surface area contributed by atoms with E-state index < -0.39 is 27.8 Å². The van der Waals surface area contributed by atoms with Crippen molar-refractivity contribution in [1.82, 2.24) is 4.90 Å². The van der Waals surface area contributed by atoms with E-state index in [4.69, 9.17) is 13.9 Å². The maximum absolute atomic E-state index is 13.6. The molecule has 5 rings (SSSR count). The van der Waals surface area contributed by atoms with Gasteiger partial charge in [-0.15, -0.1) is 0 Å². The summed E-state index contributed by atoms with van der Waals surface area (Å²) in [5, 5.41) is 0.372. The predicted octanol–water partition coefficient (Wildman–Crippen LogP) is 3.71. The smallest absolute Gasteiger partial charge is 0.291 e. The minimum absolute atomic E-state index is 0.00138. The molecule has 0 N–H and O–H groups in total. The summed E-state index contributed by atoms with van der Waals surface area (Å²) in [6.45, 7) is 2.61. The summed E-state index contributed by atoms with van der Waals surface area (Å²) in [5.41, 5.74) is 0.871. The van der Waals surface area contributed by atoms with E-state index in [-0.39, 0.29) is 28.3 Å². The molecule has 8 nitrogen and oxygen atoms in total. The standard InChI is InChI=1S/C26H27NO7S/c1-3-4-12-33-20-10-9-16(14-21(20)32-2)23-22-24(28)18-7-5-6-8-19(18)34-25(22)26(29)27(23)17-11-13-35(30,31)15-17/h5-10,14,17,23H,3-4,11-13,15H2,1-2H3. The first-order valence-corrected chi connectivity index (χ1v) is 13.6. The summed E-state index contributed by atoms with van der Waals surface area (Å²) in [5.74, 6) is 0.383. The van der Waals surface area contributed by atoms with Gasteiger partial charge in [-0.2, -0.15) is 0 Å². The number of carbonyl (C=O) groups excluding carboxylic acids is 1. The van der Waals surface area contributed by atoms with Crippen molar-refractivity contribution in [3.63, 3.8) is 0 Å². The van der Waals surface area contributed by atoms with Gasteiger partial charge in [-0.3, -0.25) is 9.59 Å². The van der Waals surface area contributed by atoms with E-state index in [1.54, 1.807) is 42.5 Å². The number of hydrogen-bond acceptors (Lipinski definition) is 7. The van der Waals surface area contributed by atoms with Gasteiger partial charge in [0.05, 0.1) is 42.2 Å². The maximum atomic E-state index is 13.6. The van der Waals surface area contributed by atoms with Gasteiger partial charge in [-0.25, -0.2) is 8.42 Å². The van der Waals surface area contributed by atoms with Gasteiger partial charge in [0.15, 0.2) is 26.8 Å². The van der Waals surface area contributed by atoms with Crippen LogP contribution in [0.25, 0.3) is 11.0 Å². The van der Waals surface area contributed by atoms with Gasteiger partial charge in [0, 0.05) is 6.04 Å². The van der Waals surface area contributed by atoms with Gasteiger partial charge in [0.2, 0.25) is 5.76 Å². The van der Waals surface area contributed by atoms with Crippen LogP contribution in [0.5, 0.6) is 11.5 Å². The second-order valence-electron chi connectivity index (χ2n) is 8.95. The van der Waals surface area contributed by atoms with Crippen LogP contribution in [0.3, 0.4) is 0 Å². The Morgan fingerprint density at radius 3 is 2.63 bits per heavy atom. The van der Waals surface area contributed by atoms with Crippen LogP contribution in [0.15, 0.2) is 51.7 Å². The molecular weight excluding hydrogens is 470 g/mol. The Bertz CT molecular complexity index is 1460. The molecule has 2 aliphatic rings. The van der Waals surface area contributed by atoms with E-state index in [2.05, 4.69) is 6.92 Å². The van der Waals surface area contributed by atoms with E-state index in [1.165, 1.54) is 12.0 Å². The molecule has 3 aromatic rings. The lowest BCUT2D eigenvalue weighted by Gasteiger charge is -2.30. The van der Waals surface area contributed by atoms with Crippen LogP contribution in [0.2, 0.25) is 0 Å². The van der Waals surface area contributed by atoms with E-state index in [9.17, 15) is 18.0 Å². The number of sulfone groups is 1. The quantitative estimate of drug-likeness (QED) is 0.459. The zero-order valence-electron chi connectivity index (χ0n) is 19.7. The van der Waals surface area contributed by atoms with Crippen LogP contribution in [0, 0.1) is 0 Å². The lowest BCUT2D eigenvalue weighted by molar-refractivity contribution is 0.0662. The Hall–Kier alpha value is -3.33. The van der Waals surface area contributed by atoms with Crippen LogP contribution in [0.4, 0.5) is 0 Å². The number of methoxy groups -OCH3 is 1. The molecule has 1 aromatic heterocycles. The molecule has 1 saturated heterocycles. The molecule has 2 atom stereocenters. The number of rotatable bonds is 7. The number of amides is 1. The molecule has 0 spiro atoms. The Morgan fingerprint density at radius 1 is 1.11 bits per heavy atom. The second kappa shape index (κ2) is 9.03. The fraction of sp³-hybridized carbons (Fsp3) is 0.385. The predicted molar refractivity (Wildman–Crippen MR) is 131 cm³/mol. The van der Waals surface area contributed by atoms with Crippen molar-refractivity contribution < 1.29 is 27.1 Å². The zero-order chi connectivity index (χ0) is 24.7. The van der Waals surface area contributed by atoms with Crippen LogP contribution >= 0.6 is 0 Å². The average Bonchev–Trinajstić information content (AvgIpc) is 3.35. The first-order chi connectivity index (χ1) is 16.8. The summed E-state index contributed by atoms with van der Waals surface area (Å²) in [7, 11) is -1.75. The molecule has 0 saturated carbocycles. The van der Waals surface area contributed by atoms with Gasteiger partial charge in [0.25, 0.3) is 5.91 Å². The van der Waals surface area contributed by atoms with Gasteiger partial charge < -0.3 is 18.8 Å². The highest BCUT2D eigenvalue weighted by Crippen LogP contribution is 2.43. The van der Waals surface area contributed by atoms with Crippen molar-refractivity contribution in [2.75, 3.05) is 25.2 Å². The summed E-state index contributed by atoms with van der Waals surface area (Å²) in [6.07, 6.45) is 2.19. The number of fused-ring (bicyclic) bond motifs is 2. The van der Waals surface area contributed by atoms with Crippen molar-refractivity contribution in [2.45, 2.75) is 38.3 Å². The van der Waals surface area contributed by atoms with E-state index in [1.807, 2.05) is 0 Å². The summed E-state index contributed by atoms with van der Waals surface area (Å²) >= 11 is 0. The number of nitrogens with zero attached hydrogens (tertiary/aromatic N) is 1. The van der Waals surface area contributed by atoms with Crippen molar-refractivity contribution in [3.05, 3.63) is 69.6 Å². The molecular formula is C26H27NO7S. The molecule has 184 valence electrons. The van der Waals surface area contributed by atoms with Crippen molar-refractivity contribution >= 4 is 26.7 Å². The van der Waals surface area contributed by atoms with Crippen molar-refractivity contribution in [3.8, 4) is 11.5 Å². The fourth-order valence-corrected chi connectivity index (χ4v) is 6.65. The number of hydrogen-bond donors (Lipinski definition) is 0. The van der Waals surface area contributed by atoms with E-state index in [0.717, 1.165) is 12.8 Å². The largest absolute Gasteiger partial charge is 0.493 e. The van der Waals surface area contributed by atoms with Gasteiger partial charge in [0.1, 0.15) is 5.58 Å². The molecule has 0 bridgehead atoms. The number of benzene rings is 2. The highest BCUT2D eigenvalue weighted by atomic mass is 32.2. The van der Waals surface area contributed by atoms with Crippen molar-refractivity contribution in [2.24, 2.45) is 0 Å². The first-order valence-electron chi connectivity index (χ1n) is 11.7. The van der Waals surface area contributed by atoms with Gasteiger partial charge in [-0.05, 0) is 42.7 Å². The van der Waals surface area contributed by atoms with E-state index in [0.29, 0.717) is 41.1 Å². The third-order valence-corrected chi connectivity index (χ3v) is 8.42. The van der Waals surface area contributed by atoms with Crippen molar-refractivity contribution in [1.29, 1.82) is 0 Å². The zero-order valence-corrected chi connectivity index (χ0v) is 20.5. The normalized spacial score (nSPS) is 20.9. The Labute approximate surface area is 203 Å². The lowest BCUT2D eigenvalue weighted by atomic mass is 9.97. The fourth-order valence-electron chi connectivity index (χ4n) is 4.94. The molecule has 0 radical (unpaired) electrons. The third-order valence-electron chi connectivity index (χ3n) is 6.67. The average molecular weight is 498 g/mol. The monoisotopic (exact) mass is 497 g/mol. The molecule has 0 aliphatic carbocycles. The Balaban J connectivity index is 1.67. The number of carbonyl (C=O) groups is 1. The van der Waals surface area contributed by atoms with E-state index >= 15 is 0 Å². The minimum Gasteiger partial charge on any atom is -0.493 e. The van der Waals surface area contributed by atoms with Crippen LogP contribution < -0.4 is 14.9 Å². The molecule has 2 aliphatic heterocycles. The van der Waals surface area contributed by atoms with Gasteiger partial charge >= 0.3 is 0 Å². The second-order valence-corrected chi connectivity index (χ2v) is 11.2. The topological polar surface area (TPSA) is 103 Å². The highest BCUT2D eigenvalue weighted by Gasteiger charge is 2.48. The molecule has 2 unspecified atom stereocenters. The molecule has 1 fully saturated rings. The SMILES string of the molecule is CCCCOc1ccc(C2c3c(oc4ccccc4c3=O)C(=O)N2C2CCS(=O)(=O)C2)cc1OC. The molecule has 2 aromatic carbocycles. The highest BCUT2D eigenvalue weighted by molar-refractivity contribution is 7.91. The minimum atomic E-state index is -3.28. The molecule has 9 heteroatoms. The van der Waals surface area contributed by atoms with Crippen LogP contribution in [-0.2, 0) is 9.84 Å². The molecule has 35 heavy (non-hydrogen) atoms. The lowest BCUT2D eigenvalue weighted by Crippen LogP contribution is -2.40. The Kier molecular flexibility index (Phi) is 6.04. The summed E-state index contributed by atoms with van der Waals surface area (Å²) < 4.78 is 41.9. The van der Waals surface area contributed by atoms with Crippen LogP contribution in [-0.4, -0.2) is 50.5 Å². The maximum Gasteiger partial charge on any atom is 0.291 e. The number of ether oxygens (including phenoxy) is 2. The molecule has 1 amide bonds. The van der Waals surface area contributed by atoms with Gasteiger partial charge in [-0.1, -0.05) is 31.5 Å². The Morgan fingerprint density at radius 2 is 1.91 bits per heavy atom. The first kappa shape index (κ1) is 23.4. The number of unbranched alkanes of at least 4 members (excludes halogenated alkanes) is 1. The summed E-state index contributed by atoms with van der Waals surface area (Å²) in [6, 6.07) is 10.7. The third kappa shape index (κ3) is 4.07. The number of para-hydroxylation sites is 1. The summed E-state index contributed by atoms with van der Waals surface area (Å²) in [4.78, 5) is 28.7. The van der Waals surface area contributed by atoms with Crippen LogP contribution in [0.1, 0.15) is 53.9 Å². The molecule has 3 heterocycles.